The SMILES string of the molecule is CCOc1ccc(C(C(=O)NC2CCCCC2)N(Cc2ccccc2Cl)C(=O)c2snc(C(N)=O)c2N)cc1. The van der Waals surface area contributed by atoms with Crippen molar-refractivity contribution >= 4 is 46.5 Å². The van der Waals surface area contributed by atoms with Crippen molar-refractivity contribution in [1.82, 2.24) is 14.6 Å². The predicted octanol–water partition coefficient (Wildman–Crippen LogP) is 4.71. The molecule has 1 aromatic heterocycles. The van der Waals surface area contributed by atoms with E-state index < -0.39 is 17.9 Å². The van der Waals surface area contributed by atoms with E-state index in [1.54, 1.807) is 42.5 Å². The number of nitrogens with one attached hydrogen (secondary N) is 1. The number of nitrogens with zero attached hydrogens (tertiary/aromatic N) is 2. The van der Waals surface area contributed by atoms with E-state index in [0.717, 1.165) is 43.6 Å². The molecule has 1 heterocycles. The summed E-state index contributed by atoms with van der Waals surface area (Å²) < 4.78 is 9.58. The van der Waals surface area contributed by atoms with Crippen LogP contribution in [0.25, 0.3) is 0 Å². The highest BCUT2D eigenvalue weighted by Gasteiger charge is 2.36. The number of ether oxygens (including phenoxy) is 1. The van der Waals surface area contributed by atoms with Gasteiger partial charge in [-0.05, 0) is 60.6 Å². The lowest BCUT2D eigenvalue weighted by atomic mass is 9.94. The number of anilines is 1. The third-order valence-electron chi connectivity index (χ3n) is 6.73. The fourth-order valence-corrected chi connectivity index (χ4v) is 5.72. The van der Waals surface area contributed by atoms with Crippen LogP contribution in [-0.4, -0.2) is 39.6 Å². The van der Waals surface area contributed by atoms with Crippen molar-refractivity contribution in [3.63, 3.8) is 0 Å². The van der Waals surface area contributed by atoms with Crippen LogP contribution in [0.2, 0.25) is 5.02 Å². The first-order chi connectivity index (χ1) is 18.8. The molecule has 39 heavy (non-hydrogen) atoms. The second-order valence-corrected chi connectivity index (χ2v) is 10.6. The molecule has 3 aromatic rings. The van der Waals surface area contributed by atoms with Crippen molar-refractivity contribution in [2.24, 2.45) is 5.73 Å². The van der Waals surface area contributed by atoms with E-state index in [9.17, 15) is 14.4 Å². The van der Waals surface area contributed by atoms with Crippen LogP contribution >= 0.6 is 23.1 Å². The largest absolute Gasteiger partial charge is 0.494 e. The van der Waals surface area contributed by atoms with Gasteiger partial charge in [-0.1, -0.05) is 61.2 Å². The van der Waals surface area contributed by atoms with Gasteiger partial charge in [0, 0.05) is 17.6 Å². The van der Waals surface area contributed by atoms with Gasteiger partial charge in [-0.2, -0.15) is 4.37 Å². The van der Waals surface area contributed by atoms with Crippen molar-refractivity contribution in [2.45, 2.75) is 57.7 Å². The Morgan fingerprint density at radius 1 is 1.13 bits per heavy atom. The topological polar surface area (TPSA) is 141 Å². The standard InChI is InChI=1S/C28H32ClN5O4S/c1-2-38-20-14-12-17(13-15-20)24(27(36)32-19-9-4-3-5-10-19)34(16-18-8-6-7-11-21(18)29)28(37)25-22(30)23(26(31)35)33-39-25/h6-8,11-15,19,24H,2-5,9-10,16,30H2,1H3,(H2,31,35)(H,32,36). The second-order valence-electron chi connectivity index (χ2n) is 9.41. The molecule has 1 unspecified atom stereocenters. The number of aromatic nitrogens is 1. The summed E-state index contributed by atoms with van der Waals surface area (Å²) in [5.74, 6) is -1.06. The van der Waals surface area contributed by atoms with Crippen LogP contribution in [0.1, 0.15) is 76.4 Å². The molecular weight excluding hydrogens is 538 g/mol. The smallest absolute Gasteiger partial charge is 0.270 e. The molecule has 1 saturated carbocycles. The second kappa shape index (κ2) is 12.9. The number of carbonyl (C=O) groups is 3. The van der Waals surface area contributed by atoms with Crippen molar-refractivity contribution in [2.75, 3.05) is 12.3 Å². The minimum atomic E-state index is -1.02. The Hall–Kier alpha value is -3.63. The summed E-state index contributed by atoms with van der Waals surface area (Å²) in [7, 11) is 0. The molecule has 0 bridgehead atoms. The number of hydrogen-bond acceptors (Lipinski definition) is 7. The molecule has 1 aliphatic rings. The van der Waals surface area contributed by atoms with Gasteiger partial charge in [-0.3, -0.25) is 14.4 Å². The molecule has 1 atom stereocenters. The summed E-state index contributed by atoms with van der Waals surface area (Å²) in [5.41, 5.74) is 12.5. The van der Waals surface area contributed by atoms with Crippen molar-refractivity contribution < 1.29 is 19.1 Å². The molecule has 0 saturated heterocycles. The first-order valence-electron chi connectivity index (χ1n) is 12.9. The van der Waals surface area contributed by atoms with Crippen LogP contribution in [0.15, 0.2) is 48.5 Å². The average molecular weight is 570 g/mol. The van der Waals surface area contributed by atoms with Gasteiger partial charge in [0.1, 0.15) is 16.7 Å². The maximum atomic E-state index is 14.1. The maximum absolute atomic E-state index is 14.1. The molecule has 0 aliphatic heterocycles. The van der Waals surface area contributed by atoms with E-state index in [1.807, 2.05) is 13.0 Å². The minimum absolute atomic E-state index is 0.0116. The molecular formula is C28H32ClN5O4S. The molecule has 5 N–H and O–H groups in total. The van der Waals surface area contributed by atoms with Crippen LogP contribution in [0.4, 0.5) is 5.69 Å². The number of rotatable bonds is 10. The third kappa shape index (κ3) is 6.69. The Morgan fingerprint density at radius 2 is 1.82 bits per heavy atom. The quantitative estimate of drug-likeness (QED) is 0.323. The lowest BCUT2D eigenvalue weighted by Gasteiger charge is -2.33. The van der Waals surface area contributed by atoms with Crippen LogP contribution in [0.5, 0.6) is 5.75 Å². The third-order valence-corrected chi connectivity index (χ3v) is 7.95. The van der Waals surface area contributed by atoms with Gasteiger partial charge in [0.05, 0.1) is 12.3 Å². The van der Waals surface area contributed by atoms with Gasteiger partial charge in [0.25, 0.3) is 11.8 Å². The summed E-state index contributed by atoms with van der Waals surface area (Å²) in [5, 5.41) is 3.62. The summed E-state index contributed by atoms with van der Waals surface area (Å²) in [6, 6.07) is 13.2. The normalized spacial score (nSPS) is 14.4. The molecule has 3 amide bonds. The molecule has 9 nitrogen and oxygen atoms in total. The Balaban J connectivity index is 1.80. The van der Waals surface area contributed by atoms with E-state index in [2.05, 4.69) is 9.69 Å². The molecule has 1 fully saturated rings. The molecule has 0 spiro atoms. The van der Waals surface area contributed by atoms with Crippen LogP contribution < -0.4 is 21.5 Å². The monoisotopic (exact) mass is 569 g/mol. The van der Waals surface area contributed by atoms with Crippen molar-refractivity contribution in [3.8, 4) is 5.75 Å². The first kappa shape index (κ1) is 28.4. The Bertz CT molecular complexity index is 1320. The van der Waals surface area contributed by atoms with E-state index in [-0.39, 0.29) is 34.8 Å². The number of hydrogen-bond donors (Lipinski definition) is 3. The molecule has 1 aliphatic carbocycles. The van der Waals surface area contributed by atoms with Gasteiger partial charge >= 0.3 is 0 Å². The fraction of sp³-hybridized carbons (Fsp3) is 0.357. The Morgan fingerprint density at radius 3 is 2.44 bits per heavy atom. The molecule has 11 heteroatoms. The van der Waals surface area contributed by atoms with Gasteiger partial charge < -0.3 is 26.4 Å². The molecule has 4 rings (SSSR count). The number of primary amides is 1. The number of halogens is 1. The number of nitrogen functional groups attached to an aromatic ring is 1. The summed E-state index contributed by atoms with van der Waals surface area (Å²) in [6.07, 6.45) is 4.97. The lowest BCUT2D eigenvalue weighted by molar-refractivity contribution is -0.127. The van der Waals surface area contributed by atoms with Gasteiger partial charge in [0.15, 0.2) is 5.69 Å². The van der Waals surface area contributed by atoms with E-state index in [1.165, 1.54) is 4.90 Å². The summed E-state index contributed by atoms with van der Waals surface area (Å²) in [6.45, 7) is 2.39. The van der Waals surface area contributed by atoms with Gasteiger partial charge in [-0.15, -0.1) is 0 Å². The summed E-state index contributed by atoms with van der Waals surface area (Å²) >= 11 is 7.26. The predicted molar refractivity (Wildman–Crippen MR) is 152 cm³/mol. The van der Waals surface area contributed by atoms with Crippen molar-refractivity contribution in [3.05, 3.63) is 75.3 Å². The molecule has 2 aromatic carbocycles. The van der Waals surface area contributed by atoms with E-state index in [0.29, 0.717) is 28.5 Å². The number of benzene rings is 2. The number of nitrogens with two attached hydrogens (primary N) is 2. The lowest BCUT2D eigenvalue weighted by Crippen LogP contribution is -2.46. The fourth-order valence-electron chi connectivity index (χ4n) is 4.76. The zero-order chi connectivity index (χ0) is 27.9. The van der Waals surface area contributed by atoms with E-state index >= 15 is 0 Å². The maximum Gasteiger partial charge on any atom is 0.270 e. The van der Waals surface area contributed by atoms with Crippen LogP contribution in [-0.2, 0) is 11.3 Å². The Kier molecular flexibility index (Phi) is 9.42. The Labute approximate surface area is 236 Å². The zero-order valence-corrected chi connectivity index (χ0v) is 23.3. The first-order valence-corrected chi connectivity index (χ1v) is 14.1. The van der Waals surface area contributed by atoms with E-state index in [4.69, 9.17) is 27.8 Å². The minimum Gasteiger partial charge on any atom is -0.494 e. The highest BCUT2D eigenvalue weighted by Crippen LogP contribution is 2.32. The zero-order valence-electron chi connectivity index (χ0n) is 21.7. The van der Waals surface area contributed by atoms with Crippen molar-refractivity contribution in [1.29, 1.82) is 0 Å². The number of carbonyl (C=O) groups excluding carboxylic acids is 3. The molecule has 206 valence electrons. The average Bonchev–Trinajstić information content (AvgIpc) is 3.32. The van der Waals surface area contributed by atoms with Crippen LogP contribution in [0.3, 0.4) is 0 Å². The summed E-state index contributed by atoms with van der Waals surface area (Å²) in [4.78, 5) is 41.3. The van der Waals surface area contributed by atoms with Gasteiger partial charge in [-0.25, -0.2) is 0 Å². The van der Waals surface area contributed by atoms with Crippen LogP contribution in [0, 0.1) is 0 Å². The van der Waals surface area contributed by atoms with Gasteiger partial charge in [0.2, 0.25) is 5.91 Å². The highest BCUT2D eigenvalue weighted by molar-refractivity contribution is 7.09. The highest BCUT2D eigenvalue weighted by atomic mass is 35.5. The number of amides is 3. The molecule has 0 radical (unpaired) electrons.